The number of carbonyl (C=O) groups excluding carboxylic acids is 2. The zero-order valence-corrected chi connectivity index (χ0v) is 19.7. The molecule has 1 heterocycles. The number of aliphatic imine (C=N–C) groups is 1. The van der Waals surface area contributed by atoms with Crippen molar-refractivity contribution in [3.8, 4) is 11.5 Å². The van der Waals surface area contributed by atoms with E-state index in [4.69, 9.17) is 14.2 Å². The van der Waals surface area contributed by atoms with Gasteiger partial charge in [0.2, 0.25) is 0 Å². The smallest absolute Gasteiger partial charge is 0.344 e. The third-order valence-electron chi connectivity index (χ3n) is 3.99. The second-order valence-corrected chi connectivity index (χ2v) is 8.17. The Kier molecular flexibility index (Phi) is 8.29. The van der Waals surface area contributed by atoms with E-state index in [1.54, 1.807) is 37.3 Å². The van der Waals surface area contributed by atoms with E-state index in [1.165, 1.54) is 12.1 Å². The second kappa shape index (κ2) is 11.1. The molecule has 2 aromatic carbocycles. The summed E-state index contributed by atoms with van der Waals surface area (Å²) in [5.74, 6) is -0.555. The first kappa shape index (κ1) is 23.8. The van der Waals surface area contributed by atoms with Crippen LogP contribution in [0.1, 0.15) is 19.4 Å². The zero-order valence-electron chi connectivity index (χ0n) is 17.3. The number of amides is 1. The molecule has 0 saturated carbocycles. The molecule has 168 valence electrons. The number of esters is 1. The molecule has 32 heavy (non-hydrogen) atoms. The standard InChI is InChI=1S/C22H20BrFN2O5S/c1-3-29-17-10-13(9-14(23)20(17)31-12-19(27)30-4-2)11-18-21(28)26-22(32-18)25-16-8-6-5-7-15(16)24/h5-11H,3-4,12H2,1-2H3,(H,25,26,28)/b18-11-. The number of rotatable bonds is 8. The minimum atomic E-state index is -0.492. The van der Waals surface area contributed by atoms with Crippen molar-refractivity contribution in [2.45, 2.75) is 13.8 Å². The molecule has 1 aliphatic rings. The molecule has 0 bridgehead atoms. The summed E-state index contributed by atoms with van der Waals surface area (Å²) >= 11 is 4.53. The van der Waals surface area contributed by atoms with Gasteiger partial charge in [-0.25, -0.2) is 14.2 Å². The van der Waals surface area contributed by atoms with Gasteiger partial charge in [-0.3, -0.25) is 4.79 Å². The second-order valence-electron chi connectivity index (χ2n) is 6.29. The van der Waals surface area contributed by atoms with E-state index >= 15 is 0 Å². The Bertz CT molecular complexity index is 1090. The lowest BCUT2D eigenvalue weighted by atomic mass is 10.2. The molecular weight excluding hydrogens is 503 g/mol. The van der Waals surface area contributed by atoms with Gasteiger partial charge in [0, 0.05) is 0 Å². The summed E-state index contributed by atoms with van der Waals surface area (Å²) in [6, 6.07) is 9.49. The fraction of sp³-hybridized carbons (Fsp3) is 0.227. The summed E-state index contributed by atoms with van der Waals surface area (Å²) in [6.45, 7) is 3.90. The molecule has 2 aromatic rings. The topological polar surface area (TPSA) is 86.2 Å². The number of halogens is 2. The lowest BCUT2D eigenvalue weighted by Gasteiger charge is -2.14. The van der Waals surface area contributed by atoms with Crippen LogP contribution >= 0.6 is 27.7 Å². The van der Waals surface area contributed by atoms with Crippen LogP contribution in [0.15, 0.2) is 50.8 Å². The summed E-state index contributed by atoms with van der Waals surface area (Å²) in [6.07, 6.45) is 1.66. The number of nitrogens with zero attached hydrogens (tertiary/aromatic N) is 1. The molecular formula is C22H20BrFN2O5S. The Hall–Kier alpha value is -2.85. The summed E-state index contributed by atoms with van der Waals surface area (Å²) in [5.41, 5.74) is 0.801. The molecule has 0 aliphatic carbocycles. The van der Waals surface area contributed by atoms with Gasteiger partial charge >= 0.3 is 5.97 Å². The van der Waals surface area contributed by atoms with Gasteiger partial charge in [-0.15, -0.1) is 0 Å². The van der Waals surface area contributed by atoms with Gasteiger partial charge in [0.15, 0.2) is 23.3 Å². The Morgan fingerprint density at radius 3 is 2.72 bits per heavy atom. The minimum absolute atomic E-state index is 0.140. The van der Waals surface area contributed by atoms with Crippen LogP contribution in [0.3, 0.4) is 0 Å². The van der Waals surface area contributed by atoms with Crippen molar-refractivity contribution in [2.75, 3.05) is 19.8 Å². The summed E-state index contributed by atoms with van der Waals surface area (Å²) in [7, 11) is 0. The maximum atomic E-state index is 13.8. The van der Waals surface area contributed by atoms with E-state index in [2.05, 4.69) is 26.2 Å². The molecule has 0 radical (unpaired) electrons. The summed E-state index contributed by atoms with van der Waals surface area (Å²) < 4.78 is 30.5. The molecule has 0 unspecified atom stereocenters. The van der Waals surface area contributed by atoms with Crippen molar-refractivity contribution < 1.29 is 28.2 Å². The van der Waals surface area contributed by atoms with E-state index in [0.717, 1.165) is 11.8 Å². The molecule has 1 N–H and O–H groups in total. The number of ether oxygens (including phenoxy) is 3. The molecule has 3 rings (SSSR count). The SMILES string of the molecule is CCOC(=O)COc1c(Br)cc(/C=C2\SC(=Nc3ccccc3F)NC2=O)cc1OCC. The van der Waals surface area contributed by atoms with Gasteiger partial charge in [-0.05, 0) is 77.4 Å². The highest BCUT2D eigenvalue weighted by molar-refractivity contribution is 9.10. The highest BCUT2D eigenvalue weighted by Crippen LogP contribution is 2.38. The number of thioether (sulfide) groups is 1. The number of hydrogen-bond donors (Lipinski definition) is 1. The molecule has 0 atom stereocenters. The third-order valence-corrected chi connectivity index (χ3v) is 5.49. The molecule has 0 spiro atoms. The van der Waals surface area contributed by atoms with Crippen molar-refractivity contribution in [2.24, 2.45) is 4.99 Å². The lowest BCUT2D eigenvalue weighted by molar-refractivity contribution is -0.145. The van der Waals surface area contributed by atoms with E-state index in [9.17, 15) is 14.0 Å². The van der Waals surface area contributed by atoms with Gasteiger partial charge in [0.1, 0.15) is 11.5 Å². The fourth-order valence-electron chi connectivity index (χ4n) is 2.69. The number of carbonyl (C=O) groups is 2. The zero-order chi connectivity index (χ0) is 23.1. The largest absolute Gasteiger partial charge is 0.490 e. The Balaban J connectivity index is 1.83. The van der Waals surface area contributed by atoms with Crippen LogP contribution in [0.25, 0.3) is 6.08 Å². The van der Waals surface area contributed by atoms with E-state index in [-0.39, 0.29) is 30.0 Å². The molecule has 1 amide bonds. The van der Waals surface area contributed by atoms with Crippen LogP contribution in [-0.4, -0.2) is 36.9 Å². The predicted octanol–water partition coefficient (Wildman–Crippen LogP) is 4.82. The predicted molar refractivity (Wildman–Crippen MR) is 125 cm³/mol. The first-order chi connectivity index (χ1) is 15.4. The highest BCUT2D eigenvalue weighted by atomic mass is 79.9. The normalized spacial score (nSPS) is 15.7. The average molecular weight is 523 g/mol. The van der Waals surface area contributed by atoms with E-state index in [0.29, 0.717) is 33.0 Å². The van der Waals surface area contributed by atoms with Crippen molar-refractivity contribution in [3.05, 3.63) is 57.2 Å². The van der Waals surface area contributed by atoms with Crippen molar-refractivity contribution in [1.82, 2.24) is 5.32 Å². The fourth-order valence-corrected chi connectivity index (χ4v) is 4.10. The molecule has 7 nitrogen and oxygen atoms in total. The molecule has 10 heteroatoms. The van der Waals surface area contributed by atoms with Gasteiger partial charge in [0.05, 0.1) is 22.6 Å². The van der Waals surface area contributed by atoms with Crippen molar-refractivity contribution in [3.63, 3.8) is 0 Å². The molecule has 1 aliphatic heterocycles. The van der Waals surface area contributed by atoms with Gasteiger partial charge in [0.25, 0.3) is 5.91 Å². The minimum Gasteiger partial charge on any atom is -0.490 e. The maximum Gasteiger partial charge on any atom is 0.344 e. The summed E-state index contributed by atoms with van der Waals surface area (Å²) in [5, 5.41) is 2.91. The van der Waals surface area contributed by atoms with Crippen LogP contribution in [0.2, 0.25) is 0 Å². The van der Waals surface area contributed by atoms with Crippen LogP contribution in [0, 0.1) is 5.82 Å². The molecule has 1 saturated heterocycles. The van der Waals surface area contributed by atoms with Crippen molar-refractivity contribution >= 4 is 56.5 Å². The van der Waals surface area contributed by atoms with Gasteiger partial charge < -0.3 is 19.5 Å². The Morgan fingerprint density at radius 2 is 2.00 bits per heavy atom. The summed E-state index contributed by atoms with van der Waals surface area (Å²) in [4.78, 5) is 28.5. The van der Waals surface area contributed by atoms with Gasteiger partial charge in [-0.2, -0.15) is 0 Å². The third kappa shape index (κ3) is 6.10. The first-order valence-electron chi connectivity index (χ1n) is 9.70. The van der Waals surface area contributed by atoms with Crippen LogP contribution in [0.5, 0.6) is 11.5 Å². The Labute approximate surface area is 197 Å². The van der Waals surface area contributed by atoms with Crippen LogP contribution in [-0.2, 0) is 14.3 Å². The molecule has 1 fully saturated rings. The maximum absolute atomic E-state index is 13.8. The van der Waals surface area contributed by atoms with E-state index in [1.807, 2.05) is 6.92 Å². The lowest BCUT2D eigenvalue weighted by Crippen LogP contribution is -2.19. The monoisotopic (exact) mass is 522 g/mol. The Morgan fingerprint density at radius 1 is 1.22 bits per heavy atom. The highest BCUT2D eigenvalue weighted by Gasteiger charge is 2.24. The number of benzene rings is 2. The van der Waals surface area contributed by atoms with Crippen molar-refractivity contribution in [1.29, 1.82) is 0 Å². The van der Waals surface area contributed by atoms with Crippen LogP contribution < -0.4 is 14.8 Å². The quantitative estimate of drug-likeness (QED) is 0.395. The number of amidine groups is 1. The molecule has 0 aromatic heterocycles. The number of nitrogens with one attached hydrogen (secondary N) is 1. The van der Waals surface area contributed by atoms with E-state index < -0.39 is 11.8 Å². The van der Waals surface area contributed by atoms with Crippen LogP contribution in [0.4, 0.5) is 10.1 Å². The first-order valence-corrected chi connectivity index (χ1v) is 11.3. The average Bonchev–Trinajstić information content (AvgIpc) is 3.08. The number of hydrogen-bond acceptors (Lipinski definition) is 7. The van der Waals surface area contributed by atoms with Gasteiger partial charge in [-0.1, -0.05) is 12.1 Å². The number of para-hydroxylation sites is 1.